The summed E-state index contributed by atoms with van der Waals surface area (Å²) in [5.74, 6) is 0.492. The molecule has 1 aromatic carbocycles. The van der Waals surface area contributed by atoms with Crippen LogP contribution in [0.4, 0.5) is 0 Å². The summed E-state index contributed by atoms with van der Waals surface area (Å²) in [4.78, 5) is 23.4. The molecule has 1 rings (SSSR count). The van der Waals surface area contributed by atoms with Crippen LogP contribution in [0.5, 0.6) is 0 Å². The quantitative estimate of drug-likeness (QED) is 0.515. The minimum atomic E-state index is -0.867. The van der Waals surface area contributed by atoms with Crippen molar-refractivity contribution in [2.24, 2.45) is 0 Å². The molecule has 23 heavy (non-hydrogen) atoms. The first-order valence-electron chi connectivity index (χ1n) is 7.49. The lowest BCUT2D eigenvalue weighted by molar-refractivity contribution is -0.109. The van der Waals surface area contributed by atoms with Gasteiger partial charge in [0.2, 0.25) is 0 Å². The van der Waals surface area contributed by atoms with E-state index in [0.29, 0.717) is 24.5 Å². The Bertz CT molecular complexity index is 540. The fourth-order valence-corrected chi connectivity index (χ4v) is 3.06. The smallest absolute Gasteiger partial charge is 0.251 e. The van der Waals surface area contributed by atoms with Crippen molar-refractivity contribution in [3.05, 3.63) is 34.9 Å². The zero-order valence-corrected chi connectivity index (χ0v) is 16.2. The molecule has 4 nitrogen and oxygen atoms in total. The van der Waals surface area contributed by atoms with E-state index in [-0.39, 0.29) is 11.0 Å². The maximum absolute atomic E-state index is 12.3. The molecule has 0 saturated heterocycles. The van der Waals surface area contributed by atoms with E-state index in [1.54, 1.807) is 6.92 Å². The Balaban J connectivity index is 2.60. The summed E-state index contributed by atoms with van der Waals surface area (Å²) >= 11 is 7.00. The van der Waals surface area contributed by atoms with Crippen molar-refractivity contribution >= 4 is 41.5 Å². The summed E-state index contributed by atoms with van der Waals surface area (Å²) in [6.45, 7) is 6.51. The third kappa shape index (κ3) is 8.71. The van der Waals surface area contributed by atoms with Gasteiger partial charge in [0.25, 0.3) is 5.91 Å². The number of hydrogen-bond acceptors (Lipinski definition) is 4. The first kappa shape index (κ1) is 20.4. The number of thioether (sulfide) groups is 1. The van der Waals surface area contributed by atoms with Crippen LogP contribution in [0.25, 0.3) is 0 Å². The second-order valence-corrected chi connectivity index (χ2v) is 8.72. The van der Waals surface area contributed by atoms with Crippen molar-refractivity contribution in [3.63, 3.8) is 0 Å². The molecule has 0 aliphatic heterocycles. The Kier molecular flexibility index (Phi) is 9.80. The van der Waals surface area contributed by atoms with E-state index < -0.39 is 7.50 Å². The van der Waals surface area contributed by atoms with E-state index in [1.165, 1.54) is 11.8 Å². The second kappa shape index (κ2) is 11.0. The summed E-state index contributed by atoms with van der Waals surface area (Å²) < 4.78 is 5.28. The third-order valence-corrected chi connectivity index (χ3v) is 4.76. The number of rotatable bonds is 9. The van der Waals surface area contributed by atoms with Gasteiger partial charge >= 0.3 is 0 Å². The fourth-order valence-electron chi connectivity index (χ4n) is 1.93. The largest absolute Gasteiger partial charge is 0.352 e. The Hall–Kier alpha value is -0.610. The summed E-state index contributed by atoms with van der Waals surface area (Å²) in [6, 6.07) is 5.80. The average molecular weight is 376 g/mol. The van der Waals surface area contributed by atoms with Crippen molar-refractivity contribution in [1.29, 1.82) is 0 Å². The molecule has 0 aromatic heterocycles. The first-order valence-corrected chi connectivity index (χ1v) is 11.1. The predicted octanol–water partition coefficient (Wildman–Crippen LogP) is 4.35. The molecule has 1 N–H and O–H groups in total. The van der Waals surface area contributed by atoms with E-state index in [2.05, 4.69) is 5.32 Å². The lowest BCUT2D eigenvalue weighted by Gasteiger charge is -2.10. The summed E-state index contributed by atoms with van der Waals surface area (Å²) in [7, 11) is -0.867. The molecule has 1 aromatic rings. The minimum Gasteiger partial charge on any atom is -0.352 e. The van der Waals surface area contributed by atoms with Gasteiger partial charge in [-0.2, -0.15) is 0 Å². The number of aryl methyl sites for hydroxylation is 1. The molecule has 1 unspecified atom stereocenters. The molecule has 0 saturated carbocycles. The van der Waals surface area contributed by atoms with Crippen LogP contribution in [0, 0.1) is 0 Å². The van der Waals surface area contributed by atoms with E-state index >= 15 is 0 Å². The normalized spacial score (nSPS) is 12.0. The van der Waals surface area contributed by atoms with E-state index in [4.69, 9.17) is 15.8 Å². The van der Waals surface area contributed by atoms with Crippen molar-refractivity contribution in [2.75, 3.05) is 19.8 Å². The topological polar surface area (TPSA) is 55.4 Å². The van der Waals surface area contributed by atoms with Crippen LogP contribution >= 0.6 is 30.5 Å². The van der Waals surface area contributed by atoms with Gasteiger partial charge in [-0.3, -0.25) is 9.59 Å². The highest BCUT2D eigenvalue weighted by Crippen LogP contribution is 2.37. The Morgan fingerprint density at radius 1 is 1.30 bits per heavy atom. The zero-order chi connectivity index (χ0) is 17.2. The molecule has 128 valence electrons. The molecular weight excluding hydrogens is 353 g/mol. The molecule has 7 heteroatoms. The van der Waals surface area contributed by atoms with E-state index in [9.17, 15) is 9.59 Å². The molecule has 0 fully saturated rings. The minimum absolute atomic E-state index is 0.0769. The van der Waals surface area contributed by atoms with Crippen LogP contribution in [-0.2, 0) is 21.5 Å². The van der Waals surface area contributed by atoms with Gasteiger partial charge in [-0.05, 0) is 42.8 Å². The summed E-state index contributed by atoms with van der Waals surface area (Å²) in [6.07, 6.45) is 1.58. The molecule has 0 heterocycles. The van der Waals surface area contributed by atoms with Gasteiger partial charge < -0.3 is 9.84 Å². The van der Waals surface area contributed by atoms with Crippen molar-refractivity contribution < 1.29 is 14.1 Å². The molecule has 0 spiro atoms. The standard InChI is InChI=1S/C16H23ClNO3PS/c1-4-13-8-14(11-23-12(2)19)10-15(9-13)16(20)18-6-5-7-21-22(3)17/h8-10H,4-7,11H2,1-3H3,(H,18,20). The fraction of sp³-hybridized carbons (Fsp3) is 0.500. The lowest BCUT2D eigenvalue weighted by Crippen LogP contribution is -2.25. The molecule has 1 atom stereocenters. The SMILES string of the molecule is CCc1cc(CSC(C)=O)cc(C(=O)NCCCOP(C)Cl)c1. The monoisotopic (exact) mass is 375 g/mol. The number of carbonyl (C=O) groups is 2. The summed E-state index contributed by atoms with van der Waals surface area (Å²) in [5.41, 5.74) is 2.73. The highest BCUT2D eigenvalue weighted by Gasteiger charge is 2.09. The molecule has 1 amide bonds. The van der Waals surface area contributed by atoms with Crippen LogP contribution in [0.3, 0.4) is 0 Å². The van der Waals surface area contributed by atoms with Crippen LogP contribution in [0.15, 0.2) is 18.2 Å². The van der Waals surface area contributed by atoms with Crippen molar-refractivity contribution in [3.8, 4) is 0 Å². The Morgan fingerprint density at radius 2 is 2.00 bits per heavy atom. The molecule has 0 bridgehead atoms. The van der Waals surface area contributed by atoms with Crippen LogP contribution in [0.1, 0.15) is 41.8 Å². The van der Waals surface area contributed by atoms with E-state index in [1.807, 2.05) is 31.8 Å². The van der Waals surface area contributed by atoms with Gasteiger partial charge in [0.05, 0.1) is 6.61 Å². The number of halogens is 1. The van der Waals surface area contributed by atoms with Gasteiger partial charge in [-0.25, -0.2) is 0 Å². The van der Waals surface area contributed by atoms with Crippen molar-refractivity contribution in [2.45, 2.75) is 32.4 Å². The molecule has 0 aliphatic rings. The van der Waals surface area contributed by atoms with Gasteiger partial charge in [0.1, 0.15) is 7.50 Å². The molecular formula is C16H23ClNO3PS. The van der Waals surface area contributed by atoms with Gasteiger partial charge in [0, 0.05) is 24.8 Å². The highest BCUT2D eigenvalue weighted by molar-refractivity contribution is 8.12. The number of nitrogens with one attached hydrogen (secondary N) is 1. The van der Waals surface area contributed by atoms with Gasteiger partial charge in [0.15, 0.2) is 5.12 Å². The highest BCUT2D eigenvalue weighted by atomic mass is 35.7. The van der Waals surface area contributed by atoms with Gasteiger partial charge in [-0.1, -0.05) is 36.0 Å². The molecule has 0 radical (unpaired) electrons. The summed E-state index contributed by atoms with van der Waals surface area (Å²) in [5, 5.41) is 2.96. The number of benzene rings is 1. The number of amides is 1. The second-order valence-electron chi connectivity index (χ2n) is 5.04. The van der Waals surface area contributed by atoms with Crippen molar-refractivity contribution in [1.82, 2.24) is 5.32 Å². The lowest BCUT2D eigenvalue weighted by atomic mass is 10.0. The third-order valence-electron chi connectivity index (χ3n) is 3.04. The van der Waals surface area contributed by atoms with Crippen LogP contribution in [0.2, 0.25) is 0 Å². The number of carbonyl (C=O) groups excluding carboxylic acids is 2. The Labute approximate surface area is 148 Å². The van der Waals surface area contributed by atoms with Crippen LogP contribution < -0.4 is 5.32 Å². The molecule has 0 aliphatic carbocycles. The number of hydrogen-bond donors (Lipinski definition) is 1. The average Bonchev–Trinajstić information content (AvgIpc) is 2.51. The van der Waals surface area contributed by atoms with Gasteiger partial charge in [-0.15, -0.1) is 0 Å². The van der Waals surface area contributed by atoms with Crippen LogP contribution in [-0.4, -0.2) is 30.8 Å². The first-order chi connectivity index (χ1) is 10.9. The Morgan fingerprint density at radius 3 is 2.61 bits per heavy atom. The predicted molar refractivity (Wildman–Crippen MR) is 99.4 cm³/mol. The maximum atomic E-state index is 12.3. The zero-order valence-electron chi connectivity index (χ0n) is 13.7. The maximum Gasteiger partial charge on any atom is 0.251 e. The van der Waals surface area contributed by atoms with E-state index in [0.717, 1.165) is 24.0 Å².